The number of aromatic nitrogens is 2. The first kappa shape index (κ1) is 13.7. The van der Waals surface area contributed by atoms with Gasteiger partial charge in [-0.05, 0) is 19.8 Å². The minimum atomic E-state index is -0.852. The molecule has 0 atom stereocenters. The number of nitrogens with zero attached hydrogens (tertiary/aromatic N) is 2. The van der Waals surface area contributed by atoms with Gasteiger partial charge >= 0.3 is 0 Å². The van der Waals surface area contributed by atoms with Gasteiger partial charge in [0.15, 0.2) is 0 Å². The number of nitrogens with two attached hydrogens (primary N) is 1. The van der Waals surface area contributed by atoms with Crippen LogP contribution in [-0.2, 0) is 17.9 Å². The normalized spacial score (nSPS) is 11.9. The standard InChI is InChI=1S/C12H22N4O/c1-9(2)8-16-6-5-14-10(16)7-15-11(17)12(3,4)13/h5-6,9H,7-8,13H2,1-4H3,(H,15,17). The molecule has 0 spiro atoms. The number of carbonyl (C=O) groups is 1. The lowest BCUT2D eigenvalue weighted by Crippen LogP contribution is -2.49. The molecule has 0 aliphatic carbocycles. The Hall–Kier alpha value is -1.36. The molecule has 0 aliphatic heterocycles. The Morgan fingerprint density at radius 3 is 2.76 bits per heavy atom. The van der Waals surface area contributed by atoms with E-state index in [9.17, 15) is 4.79 Å². The summed E-state index contributed by atoms with van der Waals surface area (Å²) in [5.41, 5.74) is 4.85. The molecule has 1 heterocycles. The van der Waals surface area contributed by atoms with Crippen molar-refractivity contribution >= 4 is 5.91 Å². The summed E-state index contributed by atoms with van der Waals surface area (Å²) in [5.74, 6) is 1.23. The molecule has 0 fully saturated rings. The number of nitrogens with one attached hydrogen (secondary N) is 1. The van der Waals surface area contributed by atoms with Gasteiger partial charge in [-0.3, -0.25) is 4.79 Å². The third-order valence-corrected chi connectivity index (χ3v) is 2.36. The number of imidazole rings is 1. The summed E-state index contributed by atoms with van der Waals surface area (Å²) in [7, 11) is 0. The molecule has 1 aromatic rings. The van der Waals surface area contributed by atoms with E-state index in [4.69, 9.17) is 5.73 Å². The van der Waals surface area contributed by atoms with Gasteiger partial charge in [0, 0.05) is 18.9 Å². The minimum absolute atomic E-state index is 0.170. The number of hydrogen-bond acceptors (Lipinski definition) is 3. The van der Waals surface area contributed by atoms with Crippen molar-refractivity contribution in [2.24, 2.45) is 11.7 Å². The Kier molecular flexibility index (Phi) is 4.28. The molecule has 0 unspecified atom stereocenters. The molecule has 1 rings (SSSR count). The third-order valence-electron chi connectivity index (χ3n) is 2.36. The van der Waals surface area contributed by atoms with Crippen LogP contribution in [0.3, 0.4) is 0 Å². The van der Waals surface area contributed by atoms with Gasteiger partial charge < -0.3 is 15.6 Å². The Morgan fingerprint density at radius 1 is 1.59 bits per heavy atom. The molecule has 5 heteroatoms. The molecule has 0 saturated carbocycles. The van der Waals surface area contributed by atoms with E-state index in [0.29, 0.717) is 12.5 Å². The van der Waals surface area contributed by atoms with E-state index in [1.165, 1.54) is 0 Å². The van der Waals surface area contributed by atoms with Crippen molar-refractivity contribution in [3.05, 3.63) is 18.2 Å². The smallest absolute Gasteiger partial charge is 0.239 e. The van der Waals surface area contributed by atoms with E-state index < -0.39 is 5.54 Å². The molecule has 0 radical (unpaired) electrons. The molecular weight excluding hydrogens is 216 g/mol. The largest absolute Gasteiger partial charge is 0.347 e. The Morgan fingerprint density at radius 2 is 2.24 bits per heavy atom. The Balaban J connectivity index is 2.58. The zero-order valence-corrected chi connectivity index (χ0v) is 11.0. The van der Waals surface area contributed by atoms with Gasteiger partial charge in [0.2, 0.25) is 5.91 Å². The maximum absolute atomic E-state index is 11.6. The Labute approximate surface area is 102 Å². The first-order valence-corrected chi connectivity index (χ1v) is 5.88. The second-order valence-corrected chi connectivity index (χ2v) is 5.29. The second kappa shape index (κ2) is 5.31. The van der Waals surface area contributed by atoms with Crippen molar-refractivity contribution in [2.75, 3.05) is 0 Å². The SMILES string of the molecule is CC(C)Cn1ccnc1CNC(=O)C(C)(C)N. The van der Waals surface area contributed by atoms with E-state index in [0.717, 1.165) is 12.4 Å². The lowest BCUT2D eigenvalue weighted by molar-refractivity contribution is -0.125. The van der Waals surface area contributed by atoms with Crippen LogP contribution in [0.1, 0.15) is 33.5 Å². The van der Waals surface area contributed by atoms with E-state index in [2.05, 4.69) is 28.7 Å². The number of rotatable bonds is 5. The fraction of sp³-hybridized carbons (Fsp3) is 0.667. The van der Waals surface area contributed by atoms with Crippen LogP contribution in [0.4, 0.5) is 0 Å². The molecule has 0 saturated heterocycles. The summed E-state index contributed by atoms with van der Waals surface area (Å²) in [6, 6.07) is 0. The topological polar surface area (TPSA) is 72.9 Å². The fourth-order valence-electron chi connectivity index (χ4n) is 1.45. The van der Waals surface area contributed by atoms with Gasteiger partial charge in [0.05, 0.1) is 12.1 Å². The van der Waals surface area contributed by atoms with Crippen molar-refractivity contribution in [2.45, 2.75) is 46.3 Å². The molecule has 17 heavy (non-hydrogen) atoms. The maximum Gasteiger partial charge on any atom is 0.239 e. The van der Waals surface area contributed by atoms with E-state index >= 15 is 0 Å². The molecule has 0 bridgehead atoms. The van der Waals surface area contributed by atoms with Gasteiger partial charge in [-0.15, -0.1) is 0 Å². The summed E-state index contributed by atoms with van der Waals surface area (Å²) in [6.45, 7) is 8.97. The highest BCUT2D eigenvalue weighted by Gasteiger charge is 2.21. The molecule has 96 valence electrons. The van der Waals surface area contributed by atoms with Crippen molar-refractivity contribution in [3.8, 4) is 0 Å². The van der Waals surface area contributed by atoms with Crippen molar-refractivity contribution in [1.29, 1.82) is 0 Å². The van der Waals surface area contributed by atoms with Crippen LogP contribution in [0.25, 0.3) is 0 Å². The average molecular weight is 238 g/mol. The van der Waals surface area contributed by atoms with E-state index in [-0.39, 0.29) is 5.91 Å². The third kappa shape index (κ3) is 4.19. The van der Waals surface area contributed by atoms with E-state index in [1.807, 2.05) is 6.20 Å². The van der Waals surface area contributed by atoms with E-state index in [1.54, 1.807) is 20.0 Å². The predicted molar refractivity (Wildman–Crippen MR) is 67.2 cm³/mol. The maximum atomic E-state index is 11.6. The minimum Gasteiger partial charge on any atom is -0.347 e. The quantitative estimate of drug-likeness (QED) is 0.800. The lowest BCUT2D eigenvalue weighted by Gasteiger charge is -2.18. The van der Waals surface area contributed by atoms with Crippen molar-refractivity contribution in [1.82, 2.24) is 14.9 Å². The average Bonchev–Trinajstić information content (AvgIpc) is 2.59. The van der Waals surface area contributed by atoms with Crippen LogP contribution < -0.4 is 11.1 Å². The van der Waals surface area contributed by atoms with Crippen LogP contribution in [-0.4, -0.2) is 21.0 Å². The molecule has 0 aliphatic rings. The first-order chi connectivity index (χ1) is 7.80. The number of hydrogen-bond donors (Lipinski definition) is 2. The summed E-state index contributed by atoms with van der Waals surface area (Å²) < 4.78 is 2.05. The van der Waals surface area contributed by atoms with Crippen LogP contribution in [0.5, 0.6) is 0 Å². The van der Waals surface area contributed by atoms with Crippen molar-refractivity contribution < 1.29 is 4.79 Å². The highest BCUT2D eigenvalue weighted by molar-refractivity contribution is 5.84. The number of amides is 1. The van der Waals surface area contributed by atoms with Crippen LogP contribution in [0, 0.1) is 5.92 Å². The molecule has 0 aromatic carbocycles. The van der Waals surface area contributed by atoms with Gasteiger partial charge in [-0.25, -0.2) is 4.98 Å². The van der Waals surface area contributed by atoms with Gasteiger partial charge in [-0.1, -0.05) is 13.8 Å². The zero-order valence-electron chi connectivity index (χ0n) is 11.0. The highest BCUT2D eigenvalue weighted by Crippen LogP contribution is 2.04. The van der Waals surface area contributed by atoms with Gasteiger partial charge in [0.1, 0.15) is 5.82 Å². The first-order valence-electron chi connectivity index (χ1n) is 5.88. The van der Waals surface area contributed by atoms with Gasteiger partial charge in [-0.2, -0.15) is 0 Å². The molecule has 3 N–H and O–H groups in total. The predicted octanol–water partition coefficient (Wildman–Crippen LogP) is 0.893. The fourth-order valence-corrected chi connectivity index (χ4v) is 1.45. The monoisotopic (exact) mass is 238 g/mol. The lowest BCUT2D eigenvalue weighted by atomic mass is 10.1. The van der Waals surface area contributed by atoms with Crippen LogP contribution in [0.2, 0.25) is 0 Å². The summed E-state index contributed by atoms with van der Waals surface area (Å²) in [5, 5.41) is 2.79. The Bertz CT molecular complexity index is 376. The zero-order chi connectivity index (χ0) is 13.1. The van der Waals surface area contributed by atoms with Gasteiger partial charge in [0.25, 0.3) is 0 Å². The highest BCUT2D eigenvalue weighted by atomic mass is 16.2. The number of carbonyl (C=O) groups excluding carboxylic acids is 1. The summed E-state index contributed by atoms with van der Waals surface area (Å²) >= 11 is 0. The van der Waals surface area contributed by atoms with Crippen LogP contribution in [0.15, 0.2) is 12.4 Å². The summed E-state index contributed by atoms with van der Waals surface area (Å²) in [4.78, 5) is 15.9. The van der Waals surface area contributed by atoms with Crippen LogP contribution >= 0.6 is 0 Å². The molecule has 5 nitrogen and oxygen atoms in total. The molecule has 1 aromatic heterocycles. The summed E-state index contributed by atoms with van der Waals surface area (Å²) in [6.07, 6.45) is 3.67. The molecule has 1 amide bonds. The van der Waals surface area contributed by atoms with Crippen molar-refractivity contribution in [3.63, 3.8) is 0 Å². The second-order valence-electron chi connectivity index (χ2n) is 5.29. The molecular formula is C12H22N4O.